The van der Waals surface area contributed by atoms with Crippen molar-refractivity contribution in [3.05, 3.63) is 34.9 Å². The molecule has 1 amide bonds. The minimum atomic E-state index is -0.964. The Morgan fingerprint density at radius 1 is 1.32 bits per heavy atom. The highest BCUT2D eigenvalue weighted by Crippen LogP contribution is 2.35. The molecule has 0 saturated heterocycles. The molecular formula is C15H19NO3. The van der Waals surface area contributed by atoms with Gasteiger partial charge in [-0.2, -0.15) is 0 Å². The second-order valence-electron chi connectivity index (χ2n) is 5.26. The van der Waals surface area contributed by atoms with Gasteiger partial charge in [0.15, 0.2) is 6.04 Å². The lowest BCUT2D eigenvalue weighted by atomic mass is 9.97. The first-order chi connectivity index (χ1) is 8.91. The van der Waals surface area contributed by atoms with E-state index in [-0.39, 0.29) is 11.9 Å². The molecule has 0 radical (unpaired) electrons. The summed E-state index contributed by atoms with van der Waals surface area (Å²) in [5.41, 5.74) is 2.71. The Morgan fingerprint density at radius 2 is 1.95 bits per heavy atom. The summed E-state index contributed by atoms with van der Waals surface area (Å²) in [5.74, 6) is -1.14. The summed E-state index contributed by atoms with van der Waals surface area (Å²) in [6.07, 6.45) is 1.79. The molecular weight excluding hydrogens is 242 g/mol. The highest BCUT2D eigenvalue weighted by molar-refractivity contribution is 5.84. The lowest BCUT2D eigenvalue weighted by molar-refractivity contribution is -0.150. The van der Waals surface area contributed by atoms with E-state index < -0.39 is 12.0 Å². The van der Waals surface area contributed by atoms with Crippen LogP contribution in [0.5, 0.6) is 0 Å². The van der Waals surface area contributed by atoms with Crippen LogP contribution < -0.4 is 0 Å². The number of benzene rings is 1. The van der Waals surface area contributed by atoms with Gasteiger partial charge in [0.05, 0.1) is 0 Å². The quantitative estimate of drug-likeness (QED) is 0.905. The largest absolute Gasteiger partial charge is 0.479 e. The Labute approximate surface area is 113 Å². The summed E-state index contributed by atoms with van der Waals surface area (Å²) in [5, 5.41) is 9.52. The predicted octanol–water partition coefficient (Wildman–Crippen LogP) is 2.44. The van der Waals surface area contributed by atoms with E-state index in [1.54, 1.807) is 0 Å². The molecule has 0 aromatic heterocycles. The lowest BCUT2D eigenvalue weighted by Gasteiger charge is -2.29. The molecule has 1 aliphatic rings. The van der Waals surface area contributed by atoms with Gasteiger partial charge in [0, 0.05) is 13.0 Å². The number of aliphatic carboxylic acids is 1. The highest BCUT2D eigenvalue weighted by Gasteiger charge is 2.40. The maximum absolute atomic E-state index is 11.8. The van der Waals surface area contributed by atoms with Gasteiger partial charge in [0.1, 0.15) is 0 Å². The van der Waals surface area contributed by atoms with Crippen LogP contribution in [0.25, 0.3) is 0 Å². The molecule has 1 fully saturated rings. The highest BCUT2D eigenvalue weighted by atomic mass is 16.4. The Hall–Kier alpha value is -1.84. The van der Waals surface area contributed by atoms with Gasteiger partial charge in [-0.1, -0.05) is 23.8 Å². The van der Waals surface area contributed by atoms with Crippen LogP contribution >= 0.6 is 0 Å². The molecule has 102 valence electrons. The average molecular weight is 261 g/mol. The van der Waals surface area contributed by atoms with Crippen molar-refractivity contribution < 1.29 is 14.7 Å². The van der Waals surface area contributed by atoms with Gasteiger partial charge in [-0.05, 0) is 37.8 Å². The van der Waals surface area contributed by atoms with Gasteiger partial charge in [-0.15, -0.1) is 0 Å². The molecule has 1 saturated carbocycles. The van der Waals surface area contributed by atoms with Crippen molar-refractivity contribution in [1.82, 2.24) is 4.90 Å². The number of rotatable bonds is 4. The zero-order chi connectivity index (χ0) is 14.2. The van der Waals surface area contributed by atoms with Crippen LogP contribution in [-0.4, -0.2) is 27.9 Å². The number of hydrogen-bond donors (Lipinski definition) is 1. The van der Waals surface area contributed by atoms with Crippen molar-refractivity contribution in [2.45, 2.75) is 45.7 Å². The van der Waals surface area contributed by atoms with Gasteiger partial charge >= 0.3 is 5.97 Å². The molecule has 0 aliphatic heterocycles. The second-order valence-corrected chi connectivity index (χ2v) is 5.26. The van der Waals surface area contributed by atoms with Crippen molar-refractivity contribution in [2.75, 3.05) is 0 Å². The van der Waals surface area contributed by atoms with E-state index in [9.17, 15) is 14.7 Å². The number of hydrogen-bond acceptors (Lipinski definition) is 2. The van der Waals surface area contributed by atoms with E-state index in [1.165, 1.54) is 11.8 Å². The molecule has 0 heterocycles. The average Bonchev–Trinajstić information content (AvgIpc) is 3.10. The van der Waals surface area contributed by atoms with E-state index >= 15 is 0 Å². The monoisotopic (exact) mass is 261 g/mol. The minimum absolute atomic E-state index is 0.0827. The number of amides is 1. The molecule has 1 unspecified atom stereocenters. The van der Waals surface area contributed by atoms with Crippen LogP contribution in [0.4, 0.5) is 0 Å². The van der Waals surface area contributed by atoms with E-state index in [4.69, 9.17) is 0 Å². The number of carbonyl (C=O) groups is 2. The number of nitrogens with zero attached hydrogens (tertiary/aromatic N) is 1. The number of carboxylic acids is 1. The molecule has 4 heteroatoms. The molecule has 2 rings (SSSR count). The smallest absolute Gasteiger partial charge is 0.331 e. The maximum atomic E-state index is 11.8. The molecule has 1 aromatic rings. The predicted molar refractivity (Wildman–Crippen MR) is 71.8 cm³/mol. The number of aryl methyl sites for hydroxylation is 2. The van der Waals surface area contributed by atoms with E-state index in [0.717, 1.165) is 24.0 Å². The van der Waals surface area contributed by atoms with E-state index in [2.05, 4.69) is 0 Å². The van der Waals surface area contributed by atoms with Crippen LogP contribution in [0.1, 0.15) is 42.5 Å². The molecule has 1 N–H and O–H groups in total. The van der Waals surface area contributed by atoms with Gasteiger partial charge in [-0.3, -0.25) is 4.79 Å². The molecule has 1 atom stereocenters. The Kier molecular flexibility index (Phi) is 3.60. The summed E-state index contributed by atoms with van der Waals surface area (Å²) >= 11 is 0. The fraction of sp³-hybridized carbons (Fsp3) is 0.467. The van der Waals surface area contributed by atoms with Crippen molar-refractivity contribution in [3.8, 4) is 0 Å². The van der Waals surface area contributed by atoms with Crippen molar-refractivity contribution in [2.24, 2.45) is 0 Å². The third-order valence-electron chi connectivity index (χ3n) is 3.54. The zero-order valence-corrected chi connectivity index (χ0v) is 11.5. The molecule has 1 aliphatic carbocycles. The summed E-state index contributed by atoms with van der Waals surface area (Å²) in [4.78, 5) is 24.9. The van der Waals surface area contributed by atoms with Crippen LogP contribution in [0, 0.1) is 13.8 Å². The number of carboxylic acid groups (broad SMARTS) is 1. The standard InChI is InChI=1S/C15H19NO3/c1-9-4-7-13(10(2)8-9)14(15(18)19)16(11(3)17)12-5-6-12/h4,7-8,12,14H,5-6H2,1-3H3,(H,18,19). The van der Waals surface area contributed by atoms with Crippen LogP contribution in [0.3, 0.4) is 0 Å². The van der Waals surface area contributed by atoms with Crippen molar-refractivity contribution in [1.29, 1.82) is 0 Å². The maximum Gasteiger partial charge on any atom is 0.331 e. The van der Waals surface area contributed by atoms with Crippen LogP contribution in [0.15, 0.2) is 18.2 Å². The fourth-order valence-corrected chi connectivity index (χ4v) is 2.54. The minimum Gasteiger partial charge on any atom is -0.479 e. The summed E-state index contributed by atoms with van der Waals surface area (Å²) in [6.45, 7) is 5.30. The fourth-order valence-electron chi connectivity index (χ4n) is 2.54. The van der Waals surface area contributed by atoms with Crippen molar-refractivity contribution in [3.63, 3.8) is 0 Å². The molecule has 0 spiro atoms. The van der Waals surface area contributed by atoms with Gasteiger partial charge in [-0.25, -0.2) is 4.79 Å². The van der Waals surface area contributed by atoms with Crippen LogP contribution in [0.2, 0.25) is 0 Å². The molecule has 19 heavy (non-hydrogen) atoms. The summed E-state index contributed by atoms with van der Waals surface area (Å²) < 4.78 is 0. The Bertz CT molecular complexity index is 520. The zero-order valence-electron chi connectivity index (χ0n) is 11.5. The van der Waals surface area contributed by atoms with E-state index in [1.807, 2.05) is 32.0 Å². The van der Waals surface area contributed by atoms with Crippen molar-refractivity contribution >= 4 is 11.9 Å². The molecule has 1 aromatic carbocycles. The topological polar surface area (TPSA) is 57.6 Å². The lowest BCUT2D eigenvalue weighted by Crippen LogP contribution is -2.39. The normalized spacial score (nSPS) is 15.9. The summed E-state index contributed by atoms with van der Waals surface area (Å²) in [6, 6.07) is 4.88. The summed E-state index contributed by atoms with van der Waals surface area (Å²) in [7, 11) is 0. The van der Waals surface area contributed by atoms with Crippen LogP contribution in [-0.2, 0) is 9.59 Å². The Morgan fingerprint density at radius 3 is 2.37 bits per heavy atom. The first kappa shape index (κ1) is 13.6. The second kappa shape index (κ2) is 5.03. The molecule has 0 bridgehead atoms. The third-order valence-corrected chi connectivity index (χ3v) is 3.54. The van der Waals surface area contributed by atoms with Gasteiger partial charge < -0.3 is 10.0 Å². The Balaban J connectivity index is 2.44. The first-order valence-corrected chi connectivity index (χ1v) is 6.50. The van der Waals surface area contributed by atoms with E-state index in [0.29, 0.717) is 5.56 Å². The molecule has 4 nitrogen and oxygen atoms in total. The first-order valence-electron chi connectivity index (χ1n) is 6.50. The van der Waals surface area contributed by atoms with Gasteiger partial charge in [0.2, 0.25) is 5.91 Å². The SMILES string of the molecule is CC(=O)N(C1CC1)C(C(=O)O)c1ccc(C)cc1C. The number of carbonyl (C=O) groups excluding carboxylic acids is 1. The van der Waals surface area contributed by atoms with Gasteiger partial charge in [0.25, 0.3) is 0 Å². The third kappa shape index (κ3) is 2.78.